The van der Waals surface area contributed by atoms with Crippen molar-refractivity contribution in [2.45, 2.75) is 32.2 Å². The van der Waals surface area contributed by atoms with E-state index in [0.29, 0.717) is 24.2 Å². The van der Waals surface area contributed by atoms with Crippen molar-refractivity contribution in [3.8, 4) is 5.88 Å². The summed E-state index contributed by atoms with van der Waals surface area (Å²) in [6.45, 7) is 4.61. The van der Waals surface area contributed by atoms with E-state index in [-0.39, 0.29) is 0 Å². The molecule has 1 saturated heterocycles. The number of hydrogen-bond acceptors (Lipinski definition) is 5. The molecule has 1 aliphatic heterocycles. The number of ether oxygens (including phenoxy) is 1. The van der Waals surface area contributed by atoms with Gasteiger partial charge in [0.15, 0.2) is 0 Å². The van der Waals surface area contributed by atoms with Crippen LogP contribution >= 0.6 is 0 Å². The van der Waals surface area contributed by atoms with Crippen LogP contribution in [0.25, 0.3) is 0 Å². The fraction of sp³-hybridized carbons (Fsp3) is 0.643. The number of likely N-dealkylation sites (N-methyl/N-ethyl adjacent to an activating group) is 1. The lowest BCUT2D eigenvalue weighted by atomic mass is 10.0. The van der Waals surface area contributed by atoms with Crippen LogP contribution in [-0.2, 0) is 0 Å². The summed E-state index contributed by atoms with van der Waals surface area (Å²) < 4.78 is 5.40. The van der Waals surface area contributed by atoms with Gasteiger partial charge in [0.25, 0.3) is 0 Å². The topological polar surface area (TPSA) is 63.4 Å². The number of nitrogens with two attached hydrogens (primary N) is 1. The van der Waals surface area contributed by atoms with Crippen LogP contribution in [0.2, 0.25) is 0 Å². The number of anilines is 2. The number of nitrogen functional groups attached to an aromatic ring is 1. The van der Waals surface area contributed by atoms with E-state index in [9.17, 15) is 0 Å². The summed E-state index contributed by atoms with van der Waals surface area (Å²) in [6.07, 6.45) is 3.87. The van der Waals surface area contributed by atoms with Crippen LogP contribution in [0, 0.1) is 0 Å². The number of aromatic nitrogens is 1. The van der Waals surface area contributed by atoms with Crippen molar-refractivity contribution in [1.82, 2.24) is 9.88 Å². The highest BCUT2D eigenvalue weighted by molar-refractivity contribution is 5.53. The summed E-state index contributed by atoms with van der Waals surface area (Å²) >= 11 is 0. The molecule has 1 unspecified atom stereocenters. The summed E-state index contributed by atoms with van der Waals surface area (Å²) in [5.41, 5.74) is 6.40. The molecule has 2 heterocycles. The van der Waals surface area contributed by atoms with Gasteiger partial charge in [-0.3, -0.25) is 0 Å². The van der Waals surface area contributed by atoms with Gasteiger partial charge in [0.05, 0.1) is 12.3 Å². The van der Waals surface area contributed by atoms with E-state index in [0.717, 1.165) is 12.4 Å². The zero-order valence-corrected chi connectivity index (χ0v) is 11.9. The normalized spacial score (nSPS) is 20.2. The molecule has 0 aromatic carbocycles. The third-order valence-corrected chi connectivity index (χ3v) is 3.61. The predicted octanol–water partition coefficient (Wildman–Crippen LogP) is 1.96. The Labute approximate surface area is 115 Å². The Hall–Kier alpha value is -1.49. The molecule has 5 heteroatoms. The third-order valence-electron chi connectivity index (χ3n) is 3.61. The molecule has 5 nitrogen and oxygen atoms in total. The Morgan fingerprint density at radius 3 is 3.05 bits per heavy atom. The first-order valence-electron chi connectivity index (χ1n) is 7.04. The number of pyridine rings is 1. The van der Waals surface area contributed by atoms with E-state index in [1.165, 1.54) is 25.8 Å². The van der Waals surface area contributed by atoms with E-state index in [1.807, 2.05) is 19.1 Å². The molecule has 1 aromatic heterocycles. The van der Waals surface area contributed by atoms with Gasteiger partial charge in [-0.15, -0.1) is 0 Å². The molecular weight excluding hydrogens is 240 g/mol. The number of hydrogen-bond donors (Lipinski definition) is 2. The SMILES string of the molecule is CCOc1nc(NCC2CCCCN2C)ccc1N. The van der Waals surface area contributed by atoms with Crippen molar-refractivity contribution in [1.29, 1.82) is 0 Å². The first-order chi connectivity index (χ1) is 9.20. The lowest BCUT2D eigenvalue weighted by Gasteiger charge is -2.32. The van der Waals surface area contributed by atoms with Crippen LogP contribution in [0.3, 0.4) is 0 Å². The molecule has 1 fully saturated rings. The highest BCUT2D eigenvalue weighted by atomic mass is 16.5. The van der Waals surface area contributed by atoms with Gasteiger partial charge in [0, 0.05) is 12.6 Å². The number of rotatable bonds is 5. The molecule has 0 amide bonds. The average molecular weight is 264 g/mol. The molecular formula is C14H24N4O. The van der Waals surface area contributed by atoms with Crippen LogP contribution in [0.4, 0.5) is 11.5 Å². The number of nitrogens with one attached hydrogen (secondary N) is 1. The van der Waals surface area contributed by atoms with Crippen molar-refractivity contribution in [2.75, 3.05) is 37.8 Å². The molecule has 0 saturated carbocycles. The van der Waals surface area contributed by atoms with Gasteiger partial charge in [-0.1, -0.05) is 6.42 Å². The van der Waals surface area contributed by atoms with E-state index in [4.69, 9.17) is 10.5 Å². The molecule has 1 aliphatic rings. The van der Waals surface area contributed by atoms with Gasteiger partial charge in [-0.25, -0.2) is 0 Å². The lowest BCUT2D eigenvalue weighted by molar-refractivity contribution is 0.194. The first kappa shape index (κ1) is 13.9. The smallest absolute Gasteiger partial charge is 0.239 e. The predicted molar refractivity (Wildman–Crippen MR) is 78.6 cm³/mol. The molecule has 2 rings (SSSR count). The summed E-state index contributed by atoms with van der Waals surface area (Å²) in [5, 5.41) is 3.38. The molecule has 0 spiro atoms. The molecule has 19 heavy (non-hydrogen) atoms. The van der Waals surface area contributed by atoms with Crippen LogP contribution in [0.1, 0.15) is 26.2 Å². The first-order valence-corrected chi connectivity index (χ1v) is 7.04. The second-order valence-corrected chi connectivity index (χ2v) is 5.03. The Balaban J connectivity index is 1.93. The standard InChI is InChI=1S/C14H24N4O/c1-3-19-14-12(15)7-8-13(17-14)16-10-11-6-4-5-9-18(11)2/h7-8,11H,3-6,9-10,15H2,1-2H3,(H,16,17). The molecule has 0 bridgehead atoms. The Morgan fingerprint density at radius 2 is 2.32 bits per heavy atom. The Kier molecular flexibility index (Phi) is 4.85. The van der Waals surface area contributed by atoms with Crippen molar-refractivity contribution in [3.05, 3.63) is 12.1 Å². The molecule has 0 aliphatic carbocycles. The van der Waals surface area contributed by atoms with E-state index < -0.39 is 0 Å². The van der Waals surface area contributed by atoms with Gasteiger partial charge in [-0.2, -0.15) is 4.98 Å². The fourth-order valence-corrected chi connectivity index (χ4v) is 2.43. The van der Waals surface area contributed by atoms with Gasteiger partial charge in [0.2, 0.25) is 5.88 Å². The highest BCUT2D eigenvalue weighted by Crippen LogP contribution is 2.21. The van der Waals surface area contributed by atoms with Crippen LogP contribution in [0.5, 0.6) is 5.88 Å². The highest BCUT2D eigenvalue weighted by Gasteiger charge is 2.18. The summed E-state index contributed by atoms with van der Waals surface area (Å²) in [6, 6.07) is 4.33. The molecule has 1 atom stereocenters. The van der Waals surface area contributed by atoms with Crippen LogP contribution < -0.4 is 15.8 Å². The van der Waals surface area contributed by atoms with Crippen LogP contribution in [-0.4, -0.2) is 42.7 Å². The van der Waals surface area contributed by atoms with Gasteiger partial charge < -0.3 is 20.7 Å². The monoisotopic (exact) mass is 264 g/mol. The Bertz CT molecular complexity index is 410. The van der Waals surface area contributed by atoms with Crippen molar-refractivity contribution < 1.29 is 4.74 Å². The van der Waals surface area contributed by atoms with Gasteiger partial charge in [-0.05, 0) is 45.5 Å². The van der Waals surface area contributed by atoms with Crippen molar-refractivity contribution >= 4 is 11.5 Å². The van der Waals surface area contributed by atoms with E-state index in [1.54, 1.807) is 0 Å². The number of piperidine rings is 1. The van der Waals surface area contributed by atoms with E-state index in [2.05, 4.69) is 22.2 Å². The maximum atomic E-state index is 5.81. The average Bonchev–Trinajstić information content (AvgIpc) is 2.41. The van der Waals surface area contributed by atoms with Crippen LogP contribution in [0.15, 0.2) is 12.1 Å². The molecule has 106 valence electrons. The lowest BCUT2D eigenvalue weighted by Crippen LogP contribution is -2.40. The van der Waals surface area contributed by atoms with Crippen molar-refractivity contribution in [2.24, 2.45) is 0 Å². The molecule has 1 aromatic rings. The second kappa shape index (κ2) is 6.61. The maximum Gasteiger partial charge on any atom is 0.239 e. The minimum absolute atomic E-state index is 0.518. The fourth-order valence-electron chi connectivity index (χ4n) is 2.43. The second-order valence-electron chi connectivity index (χ2n) is 5.03. The summed E-state index contributed by atoms with van der Waals surface area (Å²) in [4.78, 5) is 6.81. The van der Waals surface area contributed by atoms with Crippen molar-refractivity contribution in [3.63, 3.8) is 0 Å². The van der Waals surface area contributed by atoms with E-state index >= 15 is 0 Å². The van der Waals surface area contributed by atoms with Gasteiger partial charge >= 0.3 is 0 Å². The number of likely N-dealkylation sites (tertiary alicyclic amines) is 1. The molecule has 0 radical (unpaired) electrons. The maximum absolute atomic E-state index is 5.81. The summed E-state index contributed by atoms with van der Waals surface area (Å²) in [7, 11) is 2.19. The largest absolute Gasteiger partial charge is 0.476 e. The molecule has 3 N–H and O–H groups in total. The zero-order valence-electron chi connectivity index (χ0n) is 11.9. The summed E-state index contributed by atoms with van der Waals surface area (Å²) in [5.74, 6) is 1.35. The Morgan fingerprint density at radius 1 is 1.47 bits per heavy atom. The minimum atomic E-state index is 0.518. The van der Waals surface area contributed by atoms with Gasteiger partial charge in [0.1, 0.15) is 5.82 Å². The number of nitrogens with zero attached hydrogens (tertiary/aromatic N) is 2. The zero-order chi connectivity index (χ0) is 13.7. The third kappa shape index (κ3) is 3.73. The minimum Gasteiger partial charge on any atom is -0.476 e. The quantitative estimate of drug-likeness (QED) is 0.851.